The maximum absolute atomic E-state index is 9.87. The number of allylic oxidation sites excluding steroid dienone is 1. The quantitative estimate of drug-likeness (QED) is 0.250. The van der Waals surface area contributed by atoms with Crippen LogP contribution >= 0.6 is 0 Å². The molecule has 0 saturated heterocycles. The van der Waals surface area contributed by atoms with Crippen LogP contribution in [0.3, 0.4) is 0 Å². The van der Waals surface area contributed by atoms with Crippen molar-refractivity contribution in [2.75, 3.05) is 0 Å². The lowest BCUT2D eigenvalue weighted by Crippen LogP contribution is -2.18. The SMILES string of the molecule is C#C.C#C.C=CC1[C@H](O)C[C@H](C)[C@@H]1CC(=C)CCC.CCC.CCC(=O)O.CCC(C)C(C)O. The van der Waals surface area contributed by atoms with Crippen LogP contribution in [0.15, 0.2) is 24.8 Å². The van der Waals surface area contributed by atoms with Crippen LogP contribution in [0, 0.1) is 49.4 Å². The second kappa shape index (κ2) is 31.0. The van der Waals surface area contributed by atoms with E-state index in [9.17, 15) is 9.90 Å². The molecule has 0 aromatic carbocycles. The molecule has 3 N–H and O–H groups in total. The Balaban J connectivity index is -0.000000123. The predicted molar refractivity (Wildman–Crippen MR) is 150 cm³/mol. The van der Waals surface area contributed by atoms with Gasteiger partial charge in [0.15, 0.2) is 0 Å². The number of carboxylic acids is 1. The summed E-state index contributed by atoms with van der Waals surface area (Å²) in [6.45, 7) is 24.2. The molecule has 0 spiro atoms. The first-order valence-corrected chi connectivity index (χ1v) is 12.5. The standard InChI is InChI=1S/C14H24O.C6H14O.C3H6O2.C3H8.2C2H2/c1-5-7-10(3)8-13-11(4)9-14(15)12(13)6-2;1-4-5(2)6(3)7;1-2-3(4)5;1-3-2;2*1-2/h6,11-15H,2-3,5,7-9H2,1,4H3;5-7H,4H2,1-3H3;2H2,1H3,(H,4,5);3H2,1-2H3;2*1-2H/t11-,12?,13-,14+;;;;;/m0...../s1. The minimum Gasteiger partial charge on any atom is -0.481 e. The molecular weight excluding hydrogens is 424 g/mol. The third-order valence-electron chi connectivity index (χ3n) is 5.45. The highest BCUT2D eigenvalue weighted by molar-refractivity contribution is 5.66. The molecule has 0 aromatic rings. The molecule has 4 nitrogen and oxygen atoms in total. The maximum atomic E-state index is 9.87. The van der Waals surface area contributed by atoms with E-state index in [4.69, 9.17) is 10.2 Å². The number of aliphatic hydroxyl groups excluding tert-OH is 2. The van der Waals surface area contributed by atoms with E-state index in [0.717, 1.165) is 25.7 Å². The summed E-state index contributed by atoms with van der Waals surface area (Å²) in [6.07, 6.45) is 24.4. The Labute approximate surface area is 213 Å². The van der Waals surface area contributed by atoms with Gasteiger partial charge in [0.1, 0.15) is 0 Å². The van der Waals surface area contributed by atoms with Gasteiger partial charge in [-0.2, -0.15) is 0 Å². The van der Waals surface area contributed by atoms with Crippen LogP contribution in [0.5, 0.6) is 0 Å². The van der Waals surface area contributed by atoms with Crippen LogP contribution in [-0.4, -0.2) is 33.5 Å². The summed E-state index contributed by atoms with van der Waals surface area (Å²) >= 11 is 0. The van der Waals surface area contributed by atoms with Crippen molar-refractivity contribution < 1.29 is 20.1 Å². The molecular formula is C30H56O4. The number of terminal acetylenes is 2. The highest BCUT2D eigenvalue weighted by atomic mass is 16.4. The average Bonchev–Trinajstić information content (AvgIpc) is 3.09. The van der Waals surface area contributed by atoms with Crippen LogP contribution in [0.1, 0.15) is 100 Å². The van der Waals surface area contributed by atoms with Gasteiger partial charge < -0.3 is 15.3 Å². The van der Waals surface area contributed by atoms with E-state index in [2.05, 4.69) is 73.5 Å². The van der Waals surface area contributed by atoms with Crippen molar-refractivity contribution in [3.63, 3.8) is 0 Å². The van der Waals surface area contributed by atoms with Crippen LogP contribution < -0.4 is 0 Å². The fraction of sp³-hybridized carbons (Fsp3) is 0.700. The van der Waals surface area contributed by atoms with Crippen molar-refractivity contribution in [2.24, 2.45) is 23.7 Å². The van der Waals surface area contributed by atoms with Crippen molar-refractivity contribution >= 4 is 5.97 Å². The van der Waals surface area contributed by atoms with Crippen LogP contribution in [0.2, 0.25) is 0 Å². The van der Waals surface area contributed by atoms with Gasteiger partial charge in [-0.3, -0.25) is 4.79 Å². The molecule has 0 aromatic heterocycles. The minimum absolute atomic E-state index is 0.134. The lowest BCUT2D eigenvalue weighted by atomic mass is 9.84. The molecule has 0 heterocycles. The van der Waals surface area contributed by atoms with Gasteiger partial charge in [-0.15, -0.1) is 32.3 Å². The van der Waals surface area contributed by atoms with Gasteiger partial charge in [0.05, 0.1) is 12.2 Å². The summed E-state index contributed by atoms with van der Waals surface area (Å²) in [5.41, 5.74) is 1.33. The molecule has 1 fully saturated rings. The molecule has 0 aliphatic heterocycles. The Hall–Kier alpha value is -2.01. The van der Waals surface area contributed by atoms with E-state index in [1.54, 1.807) is 6.92 Å². The number of rotatable bonds is 8. The lowest BCUT2D eigenvalue weighted by molar-refractivity contribution is -0.136. The number of hydrogen-bond acceptors (Lipinski definition) is 3. The fourth-order valence-electron chi connectivity index (χ4n) is 3.18. The summed E-state index contributed by atoms with van der Waals surface area (Å²) in [5, 5.41) is 26.4. The summed E-state index contributed by atoms with van der Waals surface area (Å²) in [5.74, 6) is 1.13. The molecule has 1 aliphatic rings. The summed E-state index contributed by atoms with van der Waals surface area (Å²) < 4.78 is 0. The topological polar surface area (TPSA) is 77.8 Å². The third kappa shape index (κ3) is 26.2. The molecule has 1 aliphatic carbocycles. The average molecular weight is 481 g/mol. The normalized spacial score (nSPS) is 21.2. The Morgan fingerprint density at radius 1 is 1.09 bits per heavy atom. The molecule has 0 amide bonds. The number of carboxylic acid groups (broad SMARTS) is 1. The second-order valence-electron chi connectivity index (χ2n) is 8.54. The second-order valence-corrected chi connectivity index (χ2v) is 8.54. The van der Waals surface area contributed by atoms with Gasteiger partial charge >= 0.3 is 5.97 Å². The van der Waals surface area contributed by atoms with Crippen LogP contribution in [0.4, 0.5) is 0 Å². The number of carbonyl (C=O) groups is 1. The highest BCUT2D eigenvalue weighted by Gasteiger charge is 2.38. The fourth-order valence-corrected chi connectivity index (χ4v) is 3.18. The zero-order valence-corrected chi connectivity index (χ0v) is 23.5. The zero-order chi connectivity index (χ0) is 28.3. The van der Waals surface area contributed by atoms with Crippen LogP contribution in [0.25, 0.3) is 0 Å². The Kier molecular flexibility index (Phi) is 38.4. The van der Waals surface area contributed by atoms with Crippen molar-refractivity contribution in [1.82, 2.24) is 0 Å². The van der Waals surface area contributed by atoms with Crippen LogP contribution in [-0.2, 0) is 4.79 Å². The van der Waals surface area contributed by atoms with E-state index in [-0.39, 0.29) is 24.5 Å². The van der Waals surface area contributed by atoms with E-state index in [0.29, 0.717) is 17.8 Å². The minimum atomic E-state index is -0.745. The third-order valence-corrected chi connectivity index (χ3v) is 5.45. The van der Waals surface area contributed by atoms with E-state index in [1.807, 2.05) is 19.9 Å². The highest BCUT2D eigenvalue weighted by Crippen LogP contribution is 2.41. The lowest BCUT2D eigenvalue weighted by Gasteiger charge is -2.22. The van der Waals surface area contributed by atoms with Gasteiger partial charge in [0, 0.05) is 12.3 Å². The Morgan fingerprint density at radius 3 is 1.74 bits per heavy atom. The molecule has 200 valence electrons. The Bertz CT molecular complexity index is 498. The number of hydrogen-bond donors (Lipinski definition) is 3. The van der Waals surface area contributed by atoms with Gasteiger partial charge in [0.2, 0.25) is 0 Å². The monoisotopic (exact) mass is 480 g/mol. The smallest absolute Gasteiger partial charge is 0.303 e. The molecule has 0 radical (unpaired) electrons. The predicted octanol–water partition coefficient (Wildman–Crippen LogP) is 7.36. The van der Waals surface area contributed by atoms with E-state index >= 15 is 0 Å². The summed E-state index contributed by atoms with van der Waals surface area (Å²) in [6, 6.07) is 0. The molecule has 0 bridgehead atoms. The van der Waals surface area contributed by atoms with E-state index < -0.39 is 5.97 Å². The molecule has 34 heavy (non-hydrogen) atoms. The first-order chi connectivity index (χ1) is 16.0. The van der Waals surface area contributed by atoms with E-state index in [1.165, 1.54) is 18.4 Å². The van der Waals surface area contributed by atoms with Crippen molar-refractivity contribution in [1.29, 1.82) is 0 Å². The van der Waals surface area contributed by atoms with Crippen molar-refractivity contribution in [3.8, 4) is 25.7 Å². The number of aliphatic hydroxyl groups is 2. The number of aliphatic carboxylic acids is 1. The summed E-state index contributed by atoms with van der Waals surface area (Å²) in [4.78, 5) is 9.37. The summed E-state index contributed by atoms with van der Waals surface area (Å²) in [7, 11) is 0. The molecule has 1 rings (SSSR count). The first kappa shape index (κ1) is 42.2. The first-order valence-electron chi connectivity index (χ1n) is 12.5. The van der Waals surface area contributed by atoms with Crippen molar-refractivity contribution in [3.05, 3.63) is 24.8 Å². The molecule has 6 atom stereocenters. The molecule has 3 unspecified atom stereocenters. The van der Waals surface area contributed by atoms with Gasteiger partial charge in [-0.1, -0.05) is 86.0 Å². The maximum Gasteiger partial charge on any atom is 0.303 e. The Morgan fingerprint density at radius 2 is 1.50 bits per heavy atom. The van der Waals surface area contributed by atoms with Crippen molar-refractivity contribution in [2.45, 2.75) is 113 Å². The molecule has 4 heteroatoms. The van der Waals surface area contributed by atoms with Gasteiger partial charge in [-0.05, 0) is 43.9 Å². The largest absolute Gasteiger partial charge is 0.481 e. The molecule has 1 saturated carbocycles. The van der Waals surface area contributed by atoms with Gasteiger partial charge in [-0.25, -0.2) is 0 Å². The zero-order valence-electron chi connectivity index (χ0n) is 23.5. The van der Waals surface area contributed by atoms with Gasteiger partial charge in [0.25, 0.3) is 0 Å².